The molecule has 0 saturated carbocycles. The van der Waals surface area contributed by atoms with Crippen molar-refractivity contribution in [2.45, 2.75) is 0 Å². The molecule has 2 N–H and O–H groups in total. The molecule has 1 heterocycles. The second kappa shape index (κ2) is 4.77. The minimum Gasteiger partial charge on any atom is -0.350 e. The number of nitrogens with one attached hydrogen (secondary N) is 2. The highest BCUT2D eigenvalue weighted by atomic mass is 19.1. The van der Waals surface area contributed by atoms with Crippen molar-refractivity contribution in [2.75, 3.05) is 5.32 Å². The van der Waals surface area contributed by atoms with Crippen LogP contribution >= 0.6 is 0 Å². The number of amides is 1. The van der Waals surface area contributed by atoms with Crippen LogP contribution in [0.4, 0.5) is 14.5 Å². The van der Waals surface area contributed by atoms with E-state index in [0.717, 1.165) is 0 Å². The number of hydrogen-bond donors (Lipinski definition) is 2. The summed E-state index contributed by atoms with van der Waals surface area (Å²) >= 11 is 0. The number of benzene rings is 2. The van der Waals surface area contributed by atoms with Crippen LogP contribution in [0.2, 0.25) is 0 Å². The molecule has 0 saturated heterocycles. The summed E-state index contributed by atoms with van der Waals surface area (Å²) in [7, 11) is 0. The third-order valence-electron chi connectivity index (χ3n) is 2.96. The quantitative estimate of drug-likeness (QED) is 0.734. The van der Waals surface area contributed by atoms with Gasteiger partial charge in [-0.15, -0.1) is 0 Å². The van der Waals surface area contributed by atoms with E-state index in [2.05, 4.69) is 10.3 Å². The number of anilines is 1. The van der Waals surface area contributed by atoms with Gasteiger partial charge in [0.15, 0.2) is 0 Å². The van der Waals surface area contributed by atoms with Gasteiger partial charge < -0.3 is 10.3 Å². The Morgan fingerprint density at radius 1 is 1.05 bits per heavy atom. The smallest absolute Gasteiger partial charge is 0.272 e. The van der Waals surface area contributed by atoms with E-state index in [-0.39, 0.29) is 17.3 Å². The van der Waals surface area contributed by atoms with Crippen LogP contribution in [0.25, 0.3) is 10.9 Å². The van der Waals surface area contributed by atoms with Crippen LogP contribution in [0, 0.1) is 11.6 Å². The Morgan fingerprint density at radius 2 is 1.80 bits per heavy atom. The van der Waals surface area contributed by atoms with Gasteiger partial charge in [-0.1, -0.05) is 6.07 Å². The Morgan fingerprint density at radius 3 is 2.50 bits per heavy atom. The lowest BCUT2D eigenvalue weighted by Gasteiger charge is -2.02. The third-order valence-corrected chi connectivity index (χ3v) is 2.96. The van der Waals surface area contributed by atoms with Crippen LogP contribution in [0.1, 0.15) is 10.5 Å². The monoisotopic (exact) mass is 272 g/mol. The largest absolute Gasteiger partial charge is 0.350 e. The molecule has 3 nitrogen and oxygen atoms in total. The molecule has 0 atom stereocenters. The maximum atomic E-state index is 13.5. The number of carbonyl (C=O) groups excluding carboxylic acids is 1. The summed E-state index contributed by atoms with van der Waals surface area (Å²) in [6.45, 7) is 0. The predicted octanol–water partition coefficient (Wildman–Crippen LogP) is 3.70. The fourth-order valence-electron chi connectivity index (χ4n) is 1.97. The highest BCUT2D eigenvalue weighted by Crippen LogP contribution is 2.19. The summed E-state index contributed by atoms with van der Waals surface area (Å²) in [6.07, 6.45) is 0. The molecule has 0 spiro atoms. The highest BCUT2D eigenvalue weighted by molar-refractivity contribution is 6.05. The van der Waals surface area contributed by atoms with Crippen LogP contribution in [0.3, 0.4) is 0 Å². The number of H-pyrrole nitrogens is 1. The van der Waals surface area contributed by atoms with Gasteiger partial charge in [-0.2, -0.15) is 0 Å². The number of carbonyl (C=O) groups is 1. The molecule has 3 rings (SSSR count). The van der Waals surface area contributed by atoms with Gasteiger partial charge in [0.25, 0.3) is 5.91 Å². The summed E-state index contributed by atoms with van der Waals surface area (Å²) in [4.78, 5) is 14.9. The third kappa shape index (κ3) is 2.25. The zero-order valence-electron chi connectivity index (χ0n) is 10.3. The lowest BCUT2D eigenvalue weighted by molar-refractivity contribution is 0.102. The van der Waals surface area contributed by atoms with Crippen molar-refractivity contribution in [1.82, 2.24) is 4.98 Å². The summed E-state index contributed by atoms with van der Waals surface area (Å²) < 4.78 is 26.3. The zero-order chi connectivity index (χ0) is 14.1. The molecule has 0 fully saturated rings. The lowest BCUT2D eigenvalue weighted by Crippen LogP contribution is -2.12. The molecule has 1 amide bonds. The van der Waals surface area contributed by atoms with Gasteiger partial charge in [-0.25, -0.2) is 8.78 Å². The molecule has 5 heteroatoms. The number of aromatic nitrogens is 1. The molecular weight excluding hydrogens is 262 g/mol. The van der Waals surface area contributed by atoms with Gasteiger partial charge in [0.05, 0.1) is 0 Å². The highest BCUT2D eigenvalue weighted by Gasteiger charge is 2.11. The minimum absolute atomic E-state index is 0.245. The minimum atomic E-state index is -0.410. The van der Waals surface area contributed by atoms with E-state index in [0.29, 0.717) is 16.6 Å². The van der Waals surface area contributed by atoms with E-state index in [4.69, 9.17) is 0 Å². The standard InChI is InChI=1S/C15H10F2N2O/c16-9-4-6-10(7-5-9)18-15(20)14-8-11-12(17)2-1-3-13(11)19-14/h1-8,19H,(H,18,20). The zero-order valence-corrected chi connectivity index (χ0v) is 10.3. The molecule has 20 heavy (non-hydrogen) atoms. The van der Waals surface area contributed by atoms with Gasteiger partial charge in [0.1, 0.15) is 17.3 Å². The Hall–Kier alpha value is -2.69. The van der Waals surface area contributed by atoms with Gasteiger partial charge in [0, 0.05) is 16.6 Å². The molecule has 0 aliphatic heterocycles. The predicted molar refractivity (Wildman–Crippen MR) is 72.6 cm³/mol. The van der Waals surface area contributed by atoms with Crippen LogP contribution < -0.4 is 5.32 Å². The van der Waals surface area contributed by atoms with Crippen molar-refractivity contribution in [3.8, 4) is 0 Å². The maximum Gasteiger partial charge on any atom is 0.272 e. The van der Waals surface area contributed by atoms with E-state index in [1.54, 1.807) is 12.1 Å². The van der Waals surface area contributed by atoms with Crippen molar-refractivity contribution >= 4 is 22.5 Å². The van der Waals surface area contributed by atoms with Crippen molar-refractivity contribution in [2.24, 2.45) is 0 Å². The molecule has 1 aromatic heterocycles. The Balaban J connectivity index is 1.89. The van der Waals surface area contributed by atoms with Crippen molar-refractivity contribution in [3.05, 3.63) is 65.9 Å². The average molecular weight is 272 g/mol. The van der Waals surface area contributed by atoms with Crippen molar-refractivity contribution in [1.29, 1.82) is 0 Å². The fraction of sp³-hybridized carbons (Fsp3) is 0. The number of rotatable bonds is 2. The normalized spacial score (nSPS) is 10.7. The van der Waals surface area contributed by atoms with E-state index < -0.39 is 5.91 Å². The van der Waals surface area contributed by atoms with E-state index in [9.17, 15) is 13.6 Å². The first-order valence-corrected chi connectivity index (χ1v) is 5.97. The maximum absolute atomic E-state index is 13.5. The Bertz CT molecular complexity index is 778. The van der Waals surface area contributed by atoms with Gasteiger partial charge in [0.2, 0.25) is 0 Å². The fourth-order valence-corrected chi connectivity index (χ4v) is 1.97. The van der Waals surface area contributed by atoms with Crippen LogP contribution in [-0.2, 0) is 0 Å². The molecule has 100 valence electrons. The summed E-state index contributed by atoms with van der Waals surface area (Å²) in [6, 6.07) is 11.4. The van der Waals surface area contributed by atoms with Crippen molar-refractivity contribution in [3.63, 3.8) is 0 Å². The number of hydrogen-bond acceptors (Lipinski definition) is 1. The molecule has 0 aliphatic rings. The SMILES string of the molecule is O=C(Nc1ccc(F)cc1)c1cc2c(F)cccc2[nH]1. The Labute approximate surface area is 113 Å². The Kier molecular flexibility index (Phi) is 2.95. The summed E-state index contributed by atoms with van der Waals surface area (Å²) in [5.74, 6) is -1.18. The van der Waals surface area contributed by atoms with Crippen LogP contribution in [0.5, 0.6) is 0 Å². The van der Waals surface area contributed by atoms with E-state index in [1.165, 1.54) is 36.4 Å². The second-order valence-corrected chi connectivity index (χ2v) is 4.35. The first-order valence-electron chi connectivity index (χ1n) is 5.97. The van der Waals surface area contributed by atoms with E-state index in [1.807, 2.05) is 0 Å². The number of halogens is 2. The molecule has 0 radical (unpaired) electrons. The molecular formula is C15H10F2N2O. The molecule has 2 aromatic carbocycles. The van der Waals surface area contributed by atoms with Gasteiger partial charge in [-0.05, 0) is 42.5 Å². The lowest BCUT2D eigenvalue weighted by atomic mass is 10.2. The first-order chi connectivity index (χ1) is 9.63. The molecule has 0 bridgehead atoms. The molecule has 0 aliphatic carbocycles. The van der Waals surface area contributed by atoms with Crippen molar-refractivity contribution < 1.29 is 13.6 Å². The van der Waals surface area contributed by atoms with Gasteiger partial charge in [-0.3, -0.25) is 4.79 Å². The topological polar surface area (TPSA) is 44.9 Å². The number of aromatic amines is 1. The second-order valence-electron chi connectivity index (χ2n) is 4.35. The van der Waals surface area contributed by atoms with Crippen LogP contribution in [-0.4, -0.2) is 10.9 Å². The van der Waals surface area contributed by atoms with Gasteiger partial charge >= 0.3 is 0 Å². The molecule has 3 aromatic rings. The average Bonchev–Trinajstić information content (AvgIpc) is 2.87. The first kappa shape index (κ1) is 12.3. The molecule has 0 unspecified atom stereocenters. The van der Waals surface area contributed by atoms with Crippen LogP contribution in [0.15, 0.2) is 48.5 Å². The number of fused-ring (bicyclic) bond motifs is 1. The summed E-state index contributed by atoms with van der Waals surface area (Å²) in [5.41, 5.74) is 1.26. The van der Waals surface area contributed by atoms with E-state index >= 15 is 0 Å². The summed E-state index contributed by atoms with van der Waals surface area (Å²) in [5, 5.41) is 2.96.